The first-order valence-electron chi connectivity index (χ1n) is 4.80. The molecule has 2 aromatic rings. The second kappa shape index (κ2) is 4.97. The second-order valence-electron chi connectivity index (χ2n) is 3.42. The van der Waals surface area contributed by atoms with E-state index in [1.54, 1.807) is 12.4 Å². The Morgan fingerprint density at radius 2 is 1.94 bits per heavy atom. The molecule has 0 radical (unpaired) electrons. The maximum Gasteiger partial charge on any atom is 0.0593 e. The van der Waals surface area contributed by atoms with Crippen molar-refractivity contribution < 1.29 is 0 Å². The fraction of sp³-hybridized carbons (Fsp3) is 0.0833. The van der Waals surface area contributed by atoms with Gasteiger partial charge in [-0.2, -0.15) is 0 Å². The van der Waals surface area contributed by atoms with Crippen LogP contribution in [0.5, 0.6) is 0 Å². The van der Waals surface area contributed by atoms with Crippen molar-refractivity contribution in [1.29, 1.82) is 0 Å². The van der Waals surface area contributed by atoms with Crippen LogP contribution in [0.25, 0.3) is 0 Å². The van der Waals surface area contributed by atoms with Crippen LogP contribution in [0.3, 0.4) is 0 Å². The lowest BCUT2D eigenvalue weighted by Crippen LogP contribution is -1.93. The third kappa shape index (κ3) is 2.44. The van der Waals surface area contributed by atoms with Crippen molar-refractivity contribution in [3.63, 3.8) is 0 Å². The zero-order chi connectivity index (χ0) is 11.5. The smallest absolute Gasteiger partial charge is 0.0593 e. The number of hydrogen-bond donors (Lipinski definition) is 1. The van der Waals surface area contributed by atoms with E-state index < -0.39 is 0 Å². The third-order valence-corrected chi connectivity index (χ3v) is 3.92. The number of nitrogens with one attached hydrogen (secondary N) is 1. The summed E-state index contributed by atoms with van der Waals surface area (Å²) in [5.41, 5.74) is 3.25. The van der Waals surface area contributed by atoms with Gasteiger partial charge in [-0.1, -0.05) is 12.1 Å². The van der Waals surface area contributed by atoms with Crippen molar-refractivity contribution in [2.45, 2.75) is 6.92 Å². The summed E-state index contributed by atoms with van der Waals surface area (Å²) >= 11 is 7.03. The fourth-order valence-corrected chi connectivity index (χ4v) is 2.08. The van der Waals surface area contributed by atoms with E-state index in [9.17, 15) is 0 Å². The molecule has 1 aromatic carbocycles. The van der Waals surface area contributed by atoms with Gasteiger partial charge in [0, 0.05) is 16.9 Å². The molecule has 0 saturated heterocycles. The van der Waals surface area contributed by atoms with Crippen molar-refractivity contribution in [3.8, 4) is 0 Å². The molecule has 4 heteroatoms. The van der Waals surface area contributed by atoms with Crippen LogP contribution >= 0.6 is 31.9 Å². The Morgan fingerprint density at radius 3 is 2.69 bits per heavy atom. The summed E-state index contributed by atoms with van der Waals surface area (Å²) in [5, 5.41) is 3.35. The largest absolute Gasteiger partial charge is 0.354 e. The van der Waals surface area contributed by atoms with E-state index in [0.29, 0.717) is 0 Å². The highest BCUT2D eigenvalue weighted by atomic mass is 79.9. The molecule has 16 heavy (non-hydrogen) atoms. The van der Waals surface area contributed by atoms with Gasteiger partial charge in [-0.25, -0.2) is 0 Å². The van der Waals surface area contributed by atoms with Crippen LogP contribution in [0, 0.1) is 6.92 Å². The summed E-state index contributed by atoms with van der Waals surface area (Å²) in [6.45, 7) is 2.07. The average molecular weight is 342 g/mol. The van der Waals surface area contributed by atoms with Gasteiger partial charge < -0.3 is 5.32 Å². The highest BCUT2D eigenvalue weighted by Crippen LogP contribution is 2.31. The summed E-state index contributed by atoms with van der Waals surface area (Å²) in [4.78, 5) is 4.03. The fourth-order valence-electron chi connectivity index (χ4n) is 1.37. The van der Waals surface area contributed by atoms with Crippen LogP contribution < -0.4 is 5.32 Å². The summed E-state index contributed by atoms with van der Waals surface area (Å²) in [6.07, 6.45) is 3.53. The lowest BCUT2D eigenvalue weighted by Gasteiger charge is -2.11. The molecule has 0 saturated carbocycles. The minimum Gasteiger partial charge on any atom is -0.354 e. The maximum atomic E-state index is 4.03. The van der Waals surface area contributed by atoms with E-state index in [-0.39, 0.29) is 0 Å². The van der Waals surface area contributed by atoms with Gasteiger partial charge in [-0.3, -0.25) is 4.98 Å². The molecular weight excluding hydrogens is 332 g/mol. The standard InChI is InChI=1S/C12H10Br2N2/c1-8-3-2-4-11(12(8)14)16-10-5-6-15-7-9(10)13/h2-7H,1H3,(H,15,16). The summed E-state index contributed by atoms with van der Waals surface area (Å²) in [6, 6.07) is 8.05. The first-order valence-corrected chi connectivity index (χ1v) is 6.39. The van der Waals surface area contributed by atoms with Gasteiger partial charge >= 0.3 is 0 Å². The number of aryl methyl sites for hydroxylation is 1. The number of aromatic nitrogens is 1. The Balaban J connectivity index is 2.35. The van der Waals surface area contributed by atoms with Crippen molar-refractivity contribution in [2.24, 2.45) is 0 Å². The normalized spacial score (nSPS) is 10.2. The highest BCUT2D eigenvalue weighted by Gasteiger charge is 2.04. The summed E-state index contributed by atoms with van der Waals surface area (Å²) < 4.78 is 2.03. The van der Waals surface area contributed by atoms with E-state index in [1.807, 2.05) is 18.2 Å². The zero-order valence-electron chi connectivity index (χ0n) is 8.67. The summed E-state index contributed by atoms with van der Waals surface area (Å²) in [5.74, 6) is 0. The molecule has 1 N–H and O–H groups in total. The van der Waals surface area contributed by atoms with Gasteiger partial charge in [0.15, 0.2) is 0 Å². The van der Waals surface area contributed by atoms with E-state index in [0.717, 1.165) is 20.3 Å². The van der Waals surface area contributed by atoms with E-state index in [2.05, 4.69) is 55.2 Å². The van der Waals surface area contributed by atoms with Crippen LogP contribution in [0.1, 0.15) is 5.56 Å². The SMILES string of the molecule is Cc1cccc(Nc2ccncc2Br)c1Br. The predicted octanol–water partition coefficient (Wildman–Crippen LogP) is 4.66. The van der Waals surface area contributed by atoms with Crippen LogP contribution in [0.2, 0.25) is 0 Å². The number of anilines is 2. The Labute approximate surface area is 111 Å². The van der Waals surface area contributed by atoms with Crippen molar-refractivity contribution in [2.75, 3.05) is 5.32 Å². The molecule has 0 aliphatic rings. The topological polar surface area (TPSA) is 24.9 Å². The number of benzene rings is 1. The molecule has 0 unspecified atom stereocenters. The minimum absolute atomic E-state index is 0.948. The molecular formula is C12H10Br2N2. The van der Waals surface area contributed by atoms with Crippen LogP contribution in [-0.2, 0) is 0 Å². The van der Waals surface area contributed by atoms with Gasteiger partial charge in [0.05, 0.1) is 15.8 Å². The van der Waals surface area contributed by atoms with Crippen LogP contribution in [0.4, 0.5) is 11.4 Å². The lowest BCUT2D eigenvalue weighted by atomic mass is 10.2. The molecule has 2 nitrogen and oxygen atoms in total. The van der Waals surface area contributed by atoms with Crippen molar-refractivity contribution >= 4 is 43.2 Å². The molecule has 0 bridgehead atoms. The lowest BCUT2D eigenvalue weighted by molar-refractivity contribution is 1.30. The molecule has 0 amide bonds. The molecule has 0 aliphatic heterocycles. The predicted molar refractivity (Wildman–Crippen MR) is 74.1 cm³/mol. The Hall–Kier alpha value is -0.870. The zero-order valence-corrected chi connectivity index (χ0v) is 11.8. The van der Waals surface area contributed by atoms with Crippen LogP contribution in [0.15, 0.2) is 45.6 Å². The van der Waals surface area contributed by atoms with Crippen molar-refractivity contribution in [1.82, 2.24) is 4.98 Å². The minimum atomic E-state index is 0.948. The van der Waals surface area contributed by atoms with Gasteiger partial charge in [0.1, 0.15) is 0 Å². The Morgan fingerprint density at radius 1 is 1.12 bits per heavy atom. The van der Waals surface area contributed by atoms with E-state index in [4.69, 9.17) is 0 Å². The number of pyridine rings is 1. The first-order chi connectivity index (χ1) is 7.68. The number of halogens is 2. The van der Waals surface area contributed by atoms with Gasteiger partial charge in [0.25, 0.3) is 0 Å². The Bertz CT molecular complexity index is 512. The Kier molecular flexibility index (Phi) is 3.61. The number of nitrogens with zero attached hydrogens (tertiary/aromatic N) is 1. The molecule has 1 aromatic heterocycles. The molecule has 0 atom stereocenters. The molecule has 82 valence electrons. The summed E-state index contributed by atoms with van der Waals surface area (Å²) in [7, 11) is 0. The van der Waals surface area contributed by atoms with Gasteiger partial charge in [0.2, 0.25) is 0 Å². The average Bonchev–Trinajstić information content (AvgIpc) is 2.28. The molecule has 1 heterocycles. The second-order valence-corrected chi connectivity index (χ2v) is 5.06. The number of rotatable bonds is 2. The van der Waals surface area contributed by atoms with E-state index >= 15 is 0 Å². The maximum absolute atomic E-state index is 4.03. The van der Waals surface area contributed by atoms with E-state index in [1.165, 1.54) is 5.56 Å². The highest BCUT2D eigenvalue weighted by molar-refractivity contribution is 9.11. The van der Waals surface area contributed by atoms with Gasteiger partial charge in [-0.05, 0) is 56.5 Å². The van der Waals surface area contributed by atoms with Crippen LogP contribution in [-0.4, -0.2) is 4.98 Å². The molecule has 0 fully saturated rings. The van der Waals surface area contributed by atoms with Crippen molar-refractivity contribution in [3.05, 3.63) is 51.2 Å². The number of hydrogen-bond acceptors (Lipinski definition) is 2. The first kappa shape index (κ1) is 11.6. The molecule has 2 rings (SSSR count). The van der Waals surface area contributed by atoms with Gasteiger partial charge in [-0.15, -0.1) is 0 Å². The molecule has 0 spiro atoms. The quantitative estimate of drug-likeness (QED) is 0.859. The monoisotopic (exact) mass is 340 g/mol. The molecule has 0 aliphatic carbocycles. The third-order valence-electron chi connectivity index (χ3n) is 2.23.